The Labute approximate surface area is 246 Å². The Morgan fingerprint density at radius 2 is 1.83 bits per heavy atom. The second-order valence-corrected chi connectivity index (χ2v) is 11.2. The lowest BCUT2D eigenvalue weighted by molar-refractivity contribution is -0.908. The zero-order valence-corrected chi connectivity index (χ0v) is 23.8. The van der Waals surface area contributed by atoms with Crippen molar-refractivity contribution in [2.75, 3.05) is 39.4 Å². The third-order valence-corrected chi connectivity index (χ3v) is 8.24. The van der Waals surface area contributed by atoms with Crippen molar-refractivity contribution in [3.05, 3.63) is 101 Å². The summed E-state index contributed by atoms with van der Waals surface area (Å²) in [6, 6.07) is 21.7. The minimum Gasteiger partial charge on any atom is -0.872 e. The van der Waals surface area contributed by atoms with Crippen LogP contribution in [0.2, 0.25) is 0 Å². The summed E-state index contributed by atoms with van der Waals surface area (Å²) in [6.45, 7) is 6.90. The number of benzene rings is 3. The van der Waals surface area contributed by atoms with Crippen molar-refractivity contribution in [1.82, 2.24) is 4.90 Å². The van der Waals surface area contributed by atoms with E-state index >= 15 is 0 Å². The van der Waals surface area contributed by atoms with Crippen molar-refractivity contribution in [3.63, 3.8) is 0 Å². The van der Waals surface area contributed by atoms with Crippen LogP contribution >= 0.6 is 0 Å². The van der Waals surface area contributed by atoms with E-state index in [4.69, 9.17) is 14.2 Å². The molecular weight excluding hydrogens is 532 g/mol. The van der Waals surface area contributed by atoms with Crippen LogP contribution in [0.5, 0.6) is 11.5 Å². The Morgan fingerprint density at radius 1 is 1.02 bits per heavy atom. The van der Waals surface area contributed by atoms with E-state index in [2.05, 4.69) is 0 Å². The van der Waals surface area contributed by atoms with Crippen LogP contribution in [0, 0.1) is 0 Å². The van der Waals surface area contributed by atoms with Gasteiger partial charge in [-0.2, -0.15) is 0 Å². The van der Waals surface area contributed by atoms with Gasteiger partial charge in [-0.05, 0) is 53.4 Å². The normalized spacial score (nSPS) is 21.8. The zero-order valence-electron chi connectivity index (χ0n) is 23.8. The first kappa shape index (κ1) is 28.0. The van der Waals surface area contributed by atoms with Gasteiger partial charge in [0.05, 0.1) is 25.8 Å². The standard InChI is InChI=1S/C34H36N2O6/c1-23-19-27-20-26(11-12-29(27)42-23)32(37)30-31(25-9-5-10-28(21-25)41-22-24-7-3-2-4-8-24)36(34(39)33(30)38)14-6-13-35-15-17-40-18-16-35/h2-5,7-12,20-21,23,31,37H,6,13-19,22H2,1H3. The summed E-state index contributed by atoms with van der Waals surface area (Å²) < 4.78 is 17.3. The van der Waals surface area contributed by atoms with Crippen LogP contribution in [0.3, 0.4) is 0 Å². The number of carbonyl (C=O) groups is 2. The van der Waals surface area contributed by atoms with E-state index in [1.54, 1.807) is 23.1 Å². The summed E-state index contributed by atoms with van der Waals surface area (Å²) in [5.74, 6) is -0.419. The summed E-state index contributed by atoms with van der Waals surface area (Å²) >= 11 is 0. The molecule has 3 aromatic carbocycles. The van der Waals surface area contributed by atoms with E-state index in [0.717, 1.165) is 49.7 Å². The highest BCUT2D eigenvalue weighted by atomic mass is 16.5. The number of morpholine rings is 1. The highest BCUT2D eigenvalue weighted by Gasteiger charge is 2.44. The molecule has 3 aliphatic heterocycles. The van der Waals surface area contributed by atoms with Gasteiger partial charge in [0, 0.05) is 25.0 Å². The topological polar surface area (TPSA) is 92.6 Å². The van der Waals surface area contributed by atoms with Gasteiger partial charge < -0.3 is 29.1 Å². The molecule has 0 spiro atoms. The Hall–Kier alpha value is -4.14. The molecule has 8 heteroatoms. The summed E-state index contributed by atoms with van der Waals surface area (Å²) in [5, 5.41) is 14.0. The highest BCUT2D eigenvalue weighted by Crippen LogP contribution is 2.40. The third kappa shape index (κ3) is 5.91. The van der Waals surface area contributed by atoms with Crippen molar-refractivity contribution in [3.8, 4) is 11.5 Å². The van der Waals surface area contributed by atoms with E-state index in [-0.39, 0.29) is 11.7 Å². The Kier molecular flexibility index (Phi) is 8.26. The molecule has 6 rings (SSSR count). The second-order valence-electron chi connectivity index (χ2n) is 11.2. The number of carbonyl (C=O) groups excluding carboxylic acids is 2. The maximum absolute atomic E-state index is 14.0. The number of hydrogen-bond acceptors (Lipinski definition) is 6. The fourth-order valence-electron chi connectivity index (χ4n) is 6.09. The van der Waals surface area contributed by atoms with Crippen LogP contribution < -0.4 is 19.5 Å². The lowest BCUT2D eigenvalue weighted by Crippen LogP contribution is -3.14. The molecule has 3 aromatic rings. The number of ketones is 1. The number of amides is 1. The van der Waals surface area contributed by atoms with Crippen molar-refractivity contribution in [2.24, 2.45) is 0 Å². The predicted octanol–water partition coefficient (Wildman–Crippen LogP) is 2.12. The van der Waals surface area contributed by atoms with Gasteiger partial charge in [0.1, 0.15) is 37.3 Å². The monoisotopic (exact) mass is 568 g/mol. The van der Waals surface area contributed by atoms with E-state index in [1.807, 2.05) is 61.5 Å². The number of fused-ring (bicyclic) bond motifs is 1. The number of ether oxygens (including phenoxy) is 3. The van der Waals surface area contributed by atoms with Gasteiger partial charge in [-0.3, -0.25) is 9.59 Å². The molecule has 0 aliphatic carbocycles. The van der Waals surface area contributed by atoms with Gasteiger partial charge in [0.2, 0.25) is 5.78 Å². The summed E-state index contributed by atoms with van der Waals surface area (Å²) in [5.41, 5.74) is 3.03. The summed E-state index contributed by atoms with van der Waals surface area (Å²) in [4.78, 5) is 30.0. The van der Waals surface area contributed by atoms with Gasteiger partial charge in [-0.25, -0.2) is 0 Å². The highest BCUT2D eigenvalue weighted by molar-refractivity contribution is 6.46. The quantitative estimate of drug-likeness (QED) is 0.242. The fourth-order valence-corrected chi connectivity index (χ4v) is 6.09. The van der Waals surface area contributed by atoms with Gasteiger partial charge in [0.25, 0.3) is 5.91 Å². The molecule has 2 saturated heterocycles. The molecular formula is C34H36N2O6. The van der Waals surface area contributed by atoms with Crippen molar-refractivity contribution in [1.29, 1.82) is 0 Å². The van der Waals surface area contributed by atoms with Gasteiger partial charge in [-0.1, -0.05) is 54.3 Å². The molecule has 42 heavy (non-hydrogen) atoms. The molecule has 3 aliphatic rings. The fraction of sp³-hybridized carbons (Fsp3) is 0.353. The van der Waals surface area contributed by atoms with Crippen molar-refractivity contribution in [2.45, 2.75) is 38.5 Å². The molecule has 3 heterocycles. The number of likely N-dealkylation sites (tertiary alicyclic amines) is 1. The third-order valence-electron chi connectivity index (χ3n) is 8.24. The number of nitrogens with one attached hydrogen (secondary N) is 1. The van der Waals surface area contributed by atoms with Crippen molar-refractivity contribution < 1.29 is 33.8 Å². The number of Topliss-reactive ketones (excluding diaryl/α,β-unsaturated/α-hetero) is 1. The van der Waals surface area contributed by atoms with Crippen LogP contribution in [0.1, 0.15) is 41.6 Å². The minimum atomic E-state index is -0.791. The minimum absolute atomic E-state index is 0.00848. The number of hydrogen-bond donors (Lipinski definition) is 1. The smallest absolute Gasteiger partial charge is 0.295 e. The molecule has 1 N–H and O–H groups in total. The molecule has 0 saturated carbocycles. The van der Waals surface area contributed by atoms with Crippen LogP contribution in [0.4, 0.5) is 0 Å². The molecule has 1 amide bonds. The molecule has 8 nitrogen and oxygen atoms in total. The lowest BCUT2D eigenvalue weighted by Gasteiger charge is -2.29. The SMILES string of the molecule is CC1Cc2cc(C([O-])=C3C(=O)C(=O)N(CCC[NH+]4CCOCC4)C3c3cccc(OCc4ccccc4)c3)ccc2O1. The number of quaternary nitrogens is 1. The van der Waals surface area contributed by atoms with Gasteiger partial charge in [0.15, 0.2) is 0 Å². The maximum atomic E-state index is 14.0. The summed E-state index contributed by atoms with van der Waals surface area (Å²) in [7, 11) is 0. The van der Waals surface area contributed by atoms with E-state index in [9.17, 15) is 14.7 Å². The first-order valence-electron chi connectivity index (χ1n) is 14.7. The second kappa shape index (κ2) is 12.4. The van der Waals surface area contributed by atoms with Crippen LogP contribution in [-0.2, 0) is 27.4 Å². The van der Waals surface area contributed by atoms with Gasteiger partial charge >= 0.3 is 0 Å². The van der Waals surface area contributed by atoms with Crippen molar-refractivity contribution >= 4 is 17.4 Å². The number of nitrogens with zero attached hydrogens (tertiary/aromatic N) is 1. The molecule has 0 aromatic heterocycles. The molecule has 2 atom stereocenters. The Morgan fingerprint density at radius 3 is 2.64 bits per heavy atom. The Balaban J connectivity index is 1.32. The summed E-state index contributed by atoms with van der Waals surface area (Å²) in [6.07, 6.45) is 1.44. The Bertz CT molecular complexity index is 1480. The van der Waals surface area contributed by atoms with E-state index < -0.39 is 23.5 Å². The molecule has 0 bridgehead atoms. The molecule has 2 fully saturated rings. The van der Waals surface area contributed by atoms with Crippen LogP contribution in [0.15, 0.2) is 78.4 Å². The first-order valence-corrected chi connectivity index (χ1v) is 14.7. The lowest BCUT2D eigenvalue weighted by atomic mass is 9.94. The maximum Gasteiger partial charge on any atom is 0.295 e. The number of rotatable bonds is 9. The molecule has 0 radical (unpaired) electrons. The molecule has 2 unspecified atom stereocenters. The average Bonchev–Trinajstić information content (AvgIpc) is 3.52. The van der Waals surface area contributed by atoms with E-state index in [0.29, 0.717) is 42.9 Å². The predicted molar refractivity (Wildman–Crippen MR) is 155 cm³/mol. The van der Waals surface area contributed by atoms with E-state index in [1.165, 1.54) is 4.90 Å². The van der Waals surface area contributed by atoms with Crippen LogP contribution in [-0.4, -0.2) is 62.1 Å². The average molecular weight is 569 g/mol. The molecule has 218 valence electrons. The zero-order chi connectivity index (χ0) is 29.1. The first-order chi connectivity index (χ1) is 20.5. The van der Waals surface area contributed by atoms with Gasteiger partial charge in [-0.15, -0.1) is 0 Å². The largest absolute Gasteiger partial charge is 0.872 e. The van der Waals surface area contributed by atoms with Crippen LogP contribution in [0.25, 0.3) is 5.76 Å².